The maximum Gasteiger partial charge on any atom is 0.219 e. The molecule has 0 atom stereocenters. The monoisotopic (exact) mass is 425 g/mol. The van der Waals surface area contributed by atoms with Gasteiger partial charge in [-0.1, -0.05) is 0 Å². The summed E-state index contributed by atoms with van der Waals surface area (Å²) in [4.78, 5) is 27.4. The molecule has 6 heteroatoms. The number of carbonyl (C=O) groups is 1. The number of piperidine rings is 2. The van der Waals surface area contributed by atoms with Crippen LogP contribution in [-0.2, 0) is 14.5 Å². The van der Waals surface area contributed by atoms with E-state index in [2.05, 4.69) is 70.4 Å². The van der Waals surface area contributed by atoms with Gasteiger partial charge in [-0.2, -0.15) is 10.1 Å². The topological polar surface area (TPSA) is 45.2 Å². The highest BCUT2D eigenvalue weighted by atomic mass is 16.7. The molecule has 2 fully saturated rings. The van der Waals surface area contributed by atoms with Gasteiger partial charge in [0.1, 0.15) is 0 Å². The Morgan fingerprint density at radius 3 is 1.20 bits per heavy atom. The molecule has 0 unspecified atom stereocenters. The van der Waals surface area contributed by atoms with Gasteiger partial charge in [-0.3, -0.25) is 14.5 Å². The van der Waals surface area contributed by atoms with E-state index < -0.39 is 0 Å². The molecule has 0 N–H and O–H groups in total. The summed E-state index contributed by atoms with van der Waals surface area (Å²) in [5.41, 5.74) is -0.583. The van der Waals surface area contributed by atoms with Crippen molar-refractivity contribution in [1.29, 1.82) is 0 Å². The summed E-state index contributed by atoms with van der Waals surface area (Å²) in [7, 11) is 0. The third-order valence-corrected chi connectivity index (χ3v) is 6.81. The lowest BCUT2D eigenvalue weighted by molar-refractivity contribution is -0.295. The van der Waals surface area contributed by atoms with E-state index in [1.807, 2.05) is 13.8 Å². The number of amides is 1. The van der Waals surface area contributed by atoms with E-state index in [9.17, 15) is 4.79 Å². The molecule has 176 valence electrons. The molecular weight excluding hydrogens is 378 g/mol. The zero-order valence-electron chi connectivity index (χ0n) is 21.5. The normalized spacial score (nSPS) is 27.2. The molecule has 2 rings (SSSR count). The van der Waals surface area contributed by atoms with Crippen LogP contribution in [0.15, 0.2) is 0 Å². The summed E-state index contributed by atoms with van der Waals surface area (Å²) in [5.74, 6) is 0.179. The second-order valence-corrected chi connectivity index (χ2v) is 11.7. The summed E-state index contributed by atoms with van der Waals surface area (Å²) in [5, 5.41) is 4.33. The van der Waals surface area contributed by atoms with Crippen molar-refractivity contribution in [2.24, 2.45) is 0 Å². The molecule has 0 aliphatic carbocycles. The zero-order valence-corrected chi connectivity index (χ0v) is 21.5. The molecule has 0 spiro atoms. The standard InChI is InChI=1S/C24H47N3O3/c1-12-29-26-21(4,5)14-19(15-22(26,6)7)25(18(3)28)20-16-23(8,9)27(30-13-2)24(10,11)17-20/h19-20H,12-17H2,1-11H3. The van der Waals surface area contributed by atoms with Gasteiger partial charge in [-0.15, -0.1) is 0 Å². The highest BCUT2D eigenvalue weighted by Gasteiger charge is 2.53. The predicted molar refractivity (Wildman–Crippen MR) is 122 cm³/mol. The second-order valence-electron chi connectivity index (χ2n) is 11.7. The number of carbonyl (C=O) groups excluding carboxylic acids is 1. The fourth-order valence-corrected chi connectivity index (χ4v) is 6.58. The third kappa shape index (κ3) is 5.03. The Hall–Kier alpha value is -0.690. The second kappa shape index (κ2) is 8.68. The molecule has 0 aromatic rings. The van der Waals surface area contributed by atoms with Gasteiger partial charge in [0.05, 0.1) is 13.2 Å². The van der Waals surface area contributed by atoms with E-state index in [0.29, 0.717) is 13.2 Å². The van der Waals surface area contributed by atoms with Gasteiger partial charge >= 0.3 is 0 Å². The Morgan fingerprint density at radius 2 is 1.00 bits per heavy atom. The highest BCUT2D eigenvalue weighted by Crippen LogP contribution is 2.45. The molecule has 30 heavy (non-hydrogen) atoms. The highest BCUT2D eigenvalue weighted by molar-refractivity contribution is 5.74. The maximum atomic E-state index is 13.0. The quantitative estimate of drug-likeness (QED) is 0.613. The van der Waals surface area contributed by atoms with Gasteiger partial charge in [0.15, 0.2) is 0 Å². The molecule has 2 aliphatic rings. The van der Waals surface area contributed by atoms with Crippen LogP contribution in [0.3, 0.4) is 0 Å². The molecular formula is C24H47N3O3. The average Bonchev–Trinajstić information content (AvgIpc) is 2.52. The van der Waals surface area contributed by atoms with Gasteiger partial charge in [0.25, 0.3) is 0 Å². The van der Waals surface area contributed by atoms with Crippen molar-refractivity contribution >= 4 is 5.91 Å². The van der Waals surface area contributed by atoms with Gasteiger partial charge in [0, 0.05) is 41.2 Å². The van der Waals surface area contributed by atoms with Crippen LogP contribution in [0.5, 0.6) is 0 Å². The summed E-state index contributed by atoms with van der Waals surface area (Å²) in [6.45, 7) is 25.0. The Bertz CT molecular complexity index is 533. The van der Waals surface area contributed by atoms with Crippen LogP contribution < -0.4 is 0 Å². The third-order valence-electron chi connectivity index (χ3n) is 6.81. The number of hydrogen-bond acceptors (Lipinski definition) is 5. The van der Waals surface area contributed by atoms with E-state index in [1.165, 1.54) is 0 Å². The lowest BCUT2D eigenvalue weighted by Crippen LogP contribution is -2.68. The van der Waals surface area contributed by atoms with Crippen LogP contribution in [-0.4, -0.2) is 68.4 Å². The van der Waals surface area contributed by atoms with Crippen molar-refractivity contribution in [3.63, 3.8) is 0 Å². The first-order valence-electron chi connectivity index (χ1n) is 11.7. The smallest absolute Gasteiger partial charge is 0.219 e. The first-order valence-corrected chi connectivity index (χ1v) is 11.7. The van der Waals surface area contributed by atoms with Crippen LogP contribution in [0.1, 0.15) is 102 Å². The Labute approximate surface area is 185 Å². The van der Waals surface area contributed by atoms with Gasteiger partial charge < -0.3 is 4.90 Å². The fourth-order valence-electron chi connectivity index (χ4n) is 6.58. The molecule has 6 nitrogen and oxygen atoms in total. The van der Waals surface area contributed by atoms with Crippen LogP contribution in [0, 0.1) is 0 Å². The van der Waals surface area contributed by atoms with Crippen molar-refractivity contribution in [2.75, 3.05) is 13.2 Å². The van der Waals surface area contributed by atoms with E-state index in [1.54, 1.807) is 6.92 Å². The number of hydroxylamine groups is 4. The molecule has 0 aromatic heterocycles. The lowest BCUT2D eigenvalue weighted by atomic mass is 9.74. The van der Waals surface area contributed by atoms with Crippen molar-refractivity contribution in [1.82, 2.24) is 15.0 Å². The molecule has 0 bridgehead atoms. The molecule has 2 saturated heterocycles. The maximum absolute atomic E-state index is 13.0. The lowest BCUT2D eigenvalue weighted by Gasteiger charge is -2.59. The van der Waals surface area contributed by atoms with E-state index >= 15 is 0 Å². The van der Waals surface area contributed by atoms with Gasteiger partial charge in [-0.05, 0) is 94.9 Å². The predicted octanol–water partition coefficient (Wildman–Crippen LogP) is 4.78. The van der Waals surface area contributed by atoms with E-state index in [0.717, 1.165) is 25.7 Å². The summed E-state index contributed by atoms with van der Waals surface area (Å²) in [6, 6.07) is 0.388. The minimum Gasteiger partial charge on any atom is -0.337 e. The molecule has 0 aromatic carbocycles. The summed E-state index contributed by atoms with van der Waals surface area (Å²) >= 11 is 0. The SMILES string of the molecule is CCON1C(C)(C)CC(N(C(C)=O)C2CC(C)(C)N(OCC)C(C)(C)C2)CC1(C)C. The van der Waals surface area contributed by atoms with Gasteiger partial charge in [-0.25, -0.2) is 0 Å². The molecule has 1 amide bonds. The van der Waals surface area contributed by atoms with Crippen molar-refractivity contribution in [3.05, 3.63) is 0 Å². The van der Waals surface area contributed by atoms with Crippen molar-refractivity contribution in [2.45, 2.75) is 136 Å². The number of rotatable bonds is 6. The van der Waals surface area contributed by atoms with Crippen LogP contribution >= 0.6 is 0 Å². The number of hydrogen-bond donors (Lipinski definition) is 0. The minimum atomic E-state index is -0.146. The molecule has 0 saturated carbocycles. The van der Waals surface area contributed by atoms with Crippen molar-refractivity contribution < 1.29 is 14.5 Å². The largest absolute Gasteiger partial charge is 0.337 e. The van der Waals surface area contributed by atoms with Crippen LogP contribution in [0.4, 0.5) is 0 Å². The Balaban J connectivity index is 2.36. The van der Waals surface area contributed by atoms with Crippen LogP contribution in [0.25, 0.3) is 0 Å². The van der Waals surface area contributed by atoms with Crippen molar-refractivity contribution in [3.8, 4) is 0 Å². The average molecular weight is 426 g/mol. The number of nitrogens with zero attached hydrogens (tertiary/aromatic N) is 3. The Morgan fingerprint density at radius 1 is 0.733 bits per heavy atom. The van der Waals surface area contributed by atoms with E-state index in [4.69, 9.17) is 9.68 Å². The summed E-state index contributed by atoms with van der Waals surface area (Å²) < 4.78 is 0. The minimum absolute atomic E-state index is 0.146. The molecule has 0 radical (unpaired) electrons. The van der Waals surface area contributed by atoms with E-state index in [-0.39, 0.29) is 40.1 Å². The Kier molecular flexibility index (Phi) is 7.40. The fraction of sp³-hybridized carbons (Fsp3) is 0.958. The molecule has 2 aliphatic heterocycles. The van der Waals surface area contributed by atoms with Crippen LogP contribution in [0.2, 0.25) is 0 Å². The first-order chi connectivity index (χ1) is 13.6. The first kappa shape index (κ1) is 25.6. The molecule has 2 heterocycles. The van der Waals surface area contributed by atoms with Gasteiger partial charge in [0.2, 0.25) is 5.91 Å². The zero-order chi connectivity index (χ0) is 23.1. The summed E-state index contributed by atoms with van der Waals surface area (Å²) in [6.07, 6.45) is 3.62.